The number of rotatable bonds is 9. The summed E-state index contributed by atoms with van der Waals surface area (Å²) >= 11 is 0. The van der Waals surface area contributed by atoms with Crippen molar-refractivity contribution in [3.63, 3.8) is 0 Å². The fourth-order valence-corrected chi connectivity index (χ4v) is 5.81. The number of ether oxygens (including phenoxy) is 5. The van der Waals surface area contributed by atoms with Crippen LogP contribution in [0.1, 0.15) is 50.2 Å². The Balaban J connectivity index is 1.93. The molecule has 4 rings (SSSR count). The van der Waals surface area contributed by atoms with Crippen LogP contribution in [0.5, 0.6) is 17.2 Å². The minimum Gasteiger partial charge on any atom is -0.497 e. The summed E-state index contributed by atoms with van der Waals surface area (Å²) in [4.78, 5) is 46.0. The Bertz CT molecular complexity index is 1340. The predicted molar refractivity (Wildman–Crippen MR) is 148 cm³/mol. The van der Waals surface area contributed by atoms with Gasteiger partial charge in [0.2, 0.25) is 0 Å². The summed E-state index contributed by atoms with van der Waals surface area (Å²) in [6.07, 6.45) is 0.322. The lowest BCUT2D eigenvalue weighted by Crippen LogP contribution is -2.48. The molecule has 0 amide bonds. The van der Waals surface area contributed by atoms with E-state index in [1.54, 1.807) is 58.2 Å². The number of hydrogen-bond acceptors (Lipinski definition) is 9. The molecular weight excluding hydrogens is 514 g/mol. The number of Topliss-reactive ketones (excluding diaryl/α,β-unsaturated/α-hetero) is 1. The summed E-state index contributed by atoms with van der Waals surface area (Å²) in [5.41, 5.74) is 2.66. The van der Waals surface area contributed by atoms with Crippen molar-refractivity contribution in [2.75, 3.05) is 34.5 Å². The van der Waals surface area contributed by atoms with Gasteiger partial charge in [-0.3, -0.25) is 14.6 Å². The standard InChI is InChI=1S/C31H35NO8/c1-7-39-30(34)24-17(3)32-22-16-21(18-12-14-19(36-4)15-13-18)26(31(35)40-8-2)28(33)27(22)25(24)20-10-9-11-23(37-5)29(20)38-6/h9-15,21,25-27H,7-8,16H2,1-6H3/t21-,25+,26-,27?/m0/s1. The smallest absolute Gasteiger partial charge is 0.336 e. The number of para-hydroxylation sites is 1. The Morgan fingerprint density at radius 3 is 2.20 bits per heavy atom. The van der Waals surface area contributed by atoms with E-state index in [2.05, 4.69) is 0 Å². The number of methoxy groups -OCH3 is 3. The number of fused-ring (bicyclic) bond motifs is 1. The quantitative estimate of drug-likeness (QED) is 0.329. The molecule has 9 nitrogen and oxygen atoms in total. The van der Waals surface area contributed by atoms with Crippen molar-refractivity contribution in [3.05, 3.63) is 64.9 Å². The minimum absolute atomic E-state index is 0.129. The number of carbonyl (C=O) groups excluding carboxylic acids is 3. The number of ketones is 1. The number of allylic oxidation sites excluding steroid dienone is 1. The van der Waals surface area contributed by atoms with E-state index in [-0.39, 0.29) is 24.6 Å². The molecule has 0 radical (unpaired) electrons. The highest BCUT2D eigenvalue weighted by Crippen LogP contribution is 2.51. The molecule has 2 aliphatic rings. The average Bonchev–Trinajstić information content (AvgIpc) is 2.95. The Hall–Kier alpha value is -4.14. The van der Waals surface area contributed by atoms with Gasteiger partial charge in [0, 0.05) is 28.8 Å². The fraction of sp³-hybridized carbons (Fsp3) is 0.419. The molecule has 0 saturated heterocycles. The SMILES string of the molecule is CCOC(=O)C1=C(C)N=C2C[C@@H](c3ccc(OC)cc3)[C@H](C(=O)OCC)C(=O)C2[C@@H]1c1cccc(OC)c1OC. The van der Waals surface area contributed by atoms with Crippen LogP contribution < -0.4 is 14.2 Å². The van der Waals surface area contributed by atoms with Gasteiger partial charge in [-0.2, -0.15) is 0 Å². The van der Waals surface area contributed by atoms with Crippen LogP contribution in [0.25, 0.3) is 0 Å². The lowest BCUT2D eigenvalue weighted by Gasteiger charge is -2.41. The van der Waals surface area contributed by atoms with Crippen molar-refractivity contribution >= 4 is 23.4 Å². The molecule has 1 aliphatic heterocycles. The normalized spacial score (nSPS) is 22.1. The molecule has 1 heterocycles. The molecule has 0 N–H and O–H groups in total. The second kappa shape index (κ2) is 12.4. The number of carbonyl (C=O) groups is 3. The van der Waals surface area contributed by atoms with Crippen LogP contribution in [-0.4, -0.2) is 58.0 Å². The third-order valence-corrected chi connectivity index (χ3v) is 7.50. The van der Waals surface area contributed by atoms with Crippen molar-refractivity contribution in [2.24, 2.45) is 16.8 Å². The van der Waals surface area contributed by atoms with Crippen LogP contribution in [0.4, 0.5) is 0 Å². The highest BCUT2D eigenvalue weighted by atomic mass is 16.5. The lowest BCUT2D eigenvalue weighted by atomic mass is 9.62. The number of esters is 2. The number of nitrogens with zero attached hydrogens (tertiary/aromatic N) is 1. The molecule has 0 bridgehead atoms. The van der Waals surface area contributed by atoms with E-state index in [0.29, 0.717) is 40.6 Å². The van der Waals surface area contributed by atoms with Crippen LogP contribution in [0.2, 0.25) is 0 Å². The Morgan fingerprint density at radius 2 is 1.60 bits per heavy atom. The largest absolute Gasteiger partial charge is 0.497 e. The molecule has 1 fully saturated rings. The van der Waals surface area contributed by atoms with Crippen molar-refractivity contribution in [2.45, 2.75) is 39.0 Å². The van der Waals surface area contributed by atoms with Gasteiger partial charge in [0.05, 0.1) is 46.0 Å². The van der Waals surface area contributed by atoms with E-state index in [1.165, 1.54) is 14.2 Å². The van der Waals surface area contributed by atoms with Crippen molar-refractivity contribution in [1.82, 2.24) is 0 Å². The summed E-state index contributed by atoms with van der Waals surface area (Å²) in [5, 5.41) is 0. The first-order valence-corrected chi connectivity index (χ1v) is 13.3. The third kappa shape index (κ3) is 5.20. The van der Waals surface area contributed by atoms with Gasteiger partial charge in [0.15, 0.2) is 17.3 Å². The summed E-state index contributed by atoms with van der Waals surface area (Å²) in [5.74, 6) is -3.36. The third-order valence-electron chi connectivity index (χ3n) is 7.50. The van der Waals surface area contributed by atoms with E-state index in [4.69, 9.17) is 28.7 Å². The fourth-order valence-electron chi connectivity index (χ4n) is 5.81. The molecule has 2 aromatic rings. The average molecular weight is 550 g/mol. The molecule has 212 valence electrons. The predicted octanol–water partition coefficient (Wildman–Crippen LogP) is 4.64. The maximum Gasteiger partial charge on any atom is 0.336 e. The Morgan fingerprint density at radius 1 is 0.900 bits per heavy atom. The number of aliphatic imine (C=N–C) groups is 1. The van der Waals surface area contributed by atoms with Crippen molar-refractivity contribution < 1.29 is 38.1 Å². The first-order chi connectivity index (χ1) is 19.3. The summed E-state index contributed by atoms with van der Waals surface area (Å²) in [6, 6.07) is 12.6. The highest BCUT2D eigenvalue weighted by molar-refractivity contribution is 6.18. The van der Waals surface area contributed by atoms with E-state index >= 15 is 0 Å². The van der Waals surface area contributed by atoms with Gasteiger partial charge in [-0.15, -0.1) is 0 Å². The molecule has 0 aromatic heterocycles. The molecule has 2 aromatic carbocycles. The van der Waals surface area contributed by atoms with Gasteiger partial charge in [0.1, 0.15) is 11.7 Å². The molecule has 40 heavy (non-hydrogen) atoms. The molecule has 9 heteroatoms. The van der Waals surface area contributed by atoms with Crippen LogP contribution in [0.15, 0.2) is 58.7 Å². The minimum atomic E-state index is -1.10. The Labute approximate surface area is 234 Å². The first-order valence-electron chi connectivity index (χ1n) is 13.3. The zero-order chi connectivity index (χ0) is 29.0. The van der Waals surface area contributed by atoms with E-state index in [9.17, 15) is 14.4 Å². The van der Waals surface area contributed by atoms with Gasteiger partial charge < -0.3 is 23.7 Å². The summed E-state index contributed by atoms with van der Waals surface area (Å²) in [7, 11) is 4.60. The Kier molecular flexibility index (Phi) is 8.92. The summed E-state index contributed by atoms with van der Waals surface area (Å²) < 4.78 is 27.4. The highest BCUT2D eigenvalue weighted by Gasteiger charge is 2.53. The zero-order valence-corrected chi connectivity index (χ0v) is 23.7. The van der Waals surface area contributed by atoms with Gasteiger partial charge in [0.25, 0.3) is 0 Å². The molecule has 1 aliphatic carbocycles. The second-order valence-electron chi connectivity index (χ2n) is 9.58. The van der Waals surface area contributed by atoms with Gasteiger partial charge in [-0.1, -0.05) is 24.3 Å². The van der Waals surface area contributed by atoms with Crippen molar-refractivity contribution in [3.8, 4) is 17.2 Å². The molecule has 1 unspecified atom stereocenters. The maximum absolute atomic E-state index is 14.5. The van der Waals surface area contributed by atoms with Crippen LogP contribution in [0, 0.1) is 11.8 Å². The zero-order valence-electron chi connectivity index (χ0n) is 23.7. The van der Waals surface area contributed by atoms with E-state index in [0.717, 1.165) is 5.56 Å². The summed E-state index contributed by atoms with van der Waals surface area (Å²) in [6.45, 7) is 5.44. The van der Waals surface area contributed by atoms with E-state index < -0.39 is 35.6 Å². The van der Waals surface area contributed by atoms with Crippen LogP contribution in [-0.2, 0) is 23.9 Å². The molecular formula is C31H35NO8. The van der Waals surface area contributed by atoms with E-state index in [1.807, 2.05) is 12.1 Å². The maximum atomic E-state index is 14.5. The molecule has 1 saturated carbocycles. The topological polar surface area (TPSA) is 110 Å². The monoisotopic (exact) mass is 549 g/mol. The first kappa shape index (κ1) is 28.9. The molecule has 0 spiro atoms. The van der Waals surface area contributed by atoms with Crippen LogP contribution in [0.3, 0.4) is 0 Å². The van der Waals surface area contributed by atoms with Crippen molar-refractivity contribution in [1.29, 1.82) is 0 Å². The number of benzene rings is 2. The second-order valence-corrected chi connectivity index (χ2v) is 9.58. The molecule has 4 atom stereocenters. The number of hydrogen-bond donors (Lipinski definition) is 0. The van der Waals surface area contributed by atoms with Gasteiger partial charge in [-0.05, 0) is 51.0 Å². The van der Waals surface area contributed by atoms with Crippen LogP contribution >= 0.6 is 0 Å². The van der Waals surface area contributed by atoms with Gasteiger partial charge >= 0.3 is 11.9 Å². The van der Waals surface area contributed by atoms with Gasteiger partial charge in [-0.25, -0.2) is 4.79 Å². The lowest BCUT2D eigenvalue weighted by molar-refractivity contribution is -0.153.